The second-order valence-corrected chi connectivity index (χ2v) is 8.30. The molecule has 1 aliphatic heterocycles. The zero-order valence-electron chi connectivity index (χ0n) is 15.4. The van der Waals surface area contributed by atoms with Gasteiger partial charge in [-0.3, -0.25) is 9.69 Å². The summed E-state index contributed by atoms with van der Waals surface area (Å²) in [6, 6.07) is 6.03. The summed E-state index contributed by atoms with van der Waals surface area (Å²) in [5.74, 6) is 0.0510. The van der Waals surface area contributed by atoms with Crippen molar-refractivity contribution < 1.29 is 4.79 Å². The van der Waals surface area contributed by atoms with Crippen LogP contribution in [0.3, 0.4) is 0 Å². The molecule has 1 amide bonds. The fraction of sp³-hybridized carbons (Fsp3) is 0.632. The highest BCUT2D eigenvalue weighted by Crippen LogP contribution is 2.27. The van der Waals surface area contributed by atoms with Crippen molar-refractivity contribution in [3.63, 3.8) is 0 Å². The van der Waals surface area contributed by atoms with Crippen molar-refractivity contribution in [3.8, 4) is 0 Å². The molecule has 1 aromatic carbocycles. The van der Waals surface area contributed by atoms with Crippen molar-refractivity contribution in [2.45, 2.75) is 63.1 Å². The van der Waals surface area contributed by atoms with E-state index in [-0.39, 0.29) is 36.8 Å². The molecule has 4 nitrogen and oxygen atoms in total. The molecule has 3 rings (SSSR count). The molecule has 0 bridgehead atoms. The minimum absolute atomic E-state index is 0. The van der Waals surface area contributed by atoms with E-state index in [1.807, 2.05) is 18.2 Å². The first kappa shape index (κ1) is 24.8. The molecule has 27 heavy (non-hydrogen) atoms. The van der Waals surface area contributed by atoms with Crippen LogP contribution in [0.5, 0.6) is 0 Å². The van der Waals surface area contributed by atoms with Crippen LogP contribution in [0, 0.1) is 0 Å². The van der Waals surface area contributed by atoms with E-state index in [2.05, 4.69) is 10.2 Å². The second kappa shape index (κ2) is 11.1. The molecule has 1 aromatic rings. The van der Waals surface area contributed by atoms with E-state index in [1.165, 1.54) is 12.0 Å². The van der Waals surface area contributed by atoms with Gasteiger partial charge in [-0.25, -0.2) is 0 Å². The maximum atomic E-state index is 12.6. The Labute approximate surface area is 184 Å². The number of benzene rings is 1. The fourth-order valence-electron chi connectivity index (χ4n) is 3.87. The number of hydrogen-bond acceptors (Lipinski definition) is 3. The Morgan fingerprint density at radius 3 is 2.33 bits per heavy atom. The zero-order valence-corrected chi connectivity index (χ0v) is 18.5. The number of rotatable bonds is 4. The van der Waals surface area contributed by atoms with Crippen LogP contribution in [0.2, 0.25) is 10.0 Å². The summed E-state index contributed by atoms with van der Waals surface area (Å²) < 4.78 is 0. The van der Waals surface area contributed by atoms with Crippen molar-refractivity contribution >= 4 is 53.9 Å². The Hall–Kier alpha value is -0.230. The van der Waals surface area contributed by atoms with E-state index in [0.29, 0.717) is 10.0 Å². The van der Waals surface area contributed by atoms with Gasteiger partial charge in [-0.1, -0.05) is 48.5 Å². The molecule has 1 heterocycles. The highest BCUT2D eigenvalue weighted by atomic mass is 35.5. The van der Waals surface area contributed by atoms with Gasteiger partial charge in [0.05, 0.1) is 15.6 Å². The average Bonchev–Trinajstić information content (AvgIpc) is 2.60. The van der Waals surface area contributed by atoms with Gasteiger partial charge in [0.25, 0.3) is 0 Å². The van der Waals surface area contributed by atoms with Crippen LogP contribution in [-0.4, -0.2) is 35.5 Å². The van der Waals surface area contributed by atoms with Gasteiger partial charge >= 0.3 is 0 Å². The third-order valence-corrected chi connectivity index (χ3v) is 6.25. The molecule has 0 unspecified atom stereocenters. The number of nitrogens with zero attached hydrogens (tertiary/aromatic N) is 1. The van der Waals surface area contributed by atoms with Crippen LogP contribution >= 0.6 is 48.0 Å². The molecule has 2 aliphatic rings. The smallest absolute Gasteiger partial charge is 0.240 e. The molecule has 1 aliphatic carbocycles. The van der Waals surface area contributed by atoms with Crippen molar-refractivity contribution in [2.24, 2.45) is 5.73 Å². The number of halogens is 4. The van der Waals surface area contributed by atoms with Gasteiger partial charge in [0.15, 0.2) is 0 Å². The number of piperidine rings is 1. The van der Waals surface area contributed by atoms with Gasteiger partial charge in [-0.15, -0.1) is 24.8 Å². The lowest BCUT2D eigenvalue weighted by Crippen LogP contribution is -2.58. The first-order valence-electron chi connectivity index (χ1n) is 9.22. The molecule has 8 heteroatoms. The summed E-state index contributed by atoms with van der Waals surface area (Å²) in [4.78, 5) is 14.9. The monoisotopic (exact) mass is 455 g/mol. The Morgan fingerprint density at radius 1 is 1.11 bits per heavy atom. The summed E-state index contributed by atoms with van der Waals surface area (Å²) in [7, 11) is 0. The number of likely N-dealkylation sites (tertiary alicyclic amines) is 1. The Morgan fingerprint density at radius 2 is 1.74 bits per heavy atom. The van der Waals surface area contributed by atoms with E-state index < -0.39 is 5.54 Å². The minimum atomic E-state index is -0.643. The lowest BCUT2D eigenvalue weighted by atomic mass is 9.81. The van der Waals surface area contributed by atoms with Crippen LogP contribution in [-0.2, 0) is 11.3 Å². The molecule has 0 spiro atoms. The first-order chi connectivity index (χ1) is 12.0. The SMILES string of the molecule is Cl.Cl.NC1(C(=O)NC2CCN(Cc3ccc(Cl)c(Cl)c3)CC2)CCCCC1. The maximum absolute atomic E-state index is 12.6. The predicted molar refractivity (Wildman–Crippen MR) is 117 cm³/mol. The number of nitrogens with one attached hydrogen (secondary N) is 1. The summed E-state index contributed by atoms with van der Waals surface area (Å²) in [5, 5.41) is 4.39. The quantitative estimate of drug-likeness (QED) is 0.696. The zero-order chi connectivity index (χ0) is 17.9. The number of nitrogens with two attached hydrogens (primary N) is 1. The van der Waals surface area contributed by atoms with Crippen LogP contribution in [0.1, 0.15) is 50.5 Å². The lowest BCUT2D eigenvalue weighted by Gasteiger charge is -2.36. The van der Waals surface area contributed by atoms with Crippen molar-refractivity contribution in [1.82, 2.24) is 10.2 Å². The topological polar surface area (TPSA) is 58.4 Å². The number of hydrogen-bond donors (Lipinski definition) is 2. The van der Waals surface area contributed by atoms with Crippen molar-refractivity contribution in [2.75, 3.05) is 13.1 Å². The summed E-state index contributed by atoms with van der Waals surface area (Å²) in [6.45, 7) is 2.78. The Balaban J connectivity index is 0.00000182. The van der Waals surface area contributed by atoms with Gasteiger partial charge in [0, 0.05) is 25.7 Å². The van der Waals surface area contributed by atoms with Gasteiger partial charge in [-0.2, -0.15) is 0 Å². The lowest BCUT2D eigenvalue weighted by molar-refractivity contribution is -0.128. The molecule has 0 radical (unpaired) electrons. The largest absolute Gasteiger partial charge is 0.352 e. The highest BCUT2D eigenvalue weighted by Gasteiger charge is 2.36. The first-order valence-corrected chi connectivity index (χ1v) is 9.98. The van der Waals surface area contributed by atoms with Crippen LogP contribution in [0.4, 0.5) is 0 Å². The molecule has 1 saturated heterocycles. The molecule has 1 saturated carbocycles. The van der Waals surface area contributed by atoms with Crippen molar-refractivity contribution in [1.29, 1.82) is 0 Å². The van der Waals surface area contributed by atoms with E-state index in [0.717, 1.165) is 58.2 Å². The summed E-state index contributed by atoms with van der Waals surface area (Å²) in [5.41, 5.74) is 6.85. The van der Waals surface area contributed by atoms with Crippen LogP contribution in [0.25, 0.3) is 0 Å². The minimum Gasteiger partial charge on any atom is -0.352 e. The fourth-order valence-corrected chi connectivity index (χ4v) is 4.19. The van der Waals surface area contributed by atoms with Gasteiger partial charge in [0.2, 0.25) is 5.91 Å². The van der Waals surface area contributed by atoms with E-state index in [4.69, 9.17) is 28.9 Å². The second-order valence-electron chi connectivity index (χ2n) is 7.49. The molecular weight excluding hydrogens is 428 g/mol. The molecule has 0 aromatic heterocycles. The van der Waals surface area contributed by atoms with Gasteiger partial charge < -0.3 is 11.1 Å². The standard InChI is InChI=1S/C19H27Cl2N3O.2ClH/c20-16-5-4-14(12-17(16)21)13-24-10-6-15(7-11-24)23-18(25)19(22)8-2-1-3-9-19;;/h4-5,12,15H,1-3,6-11,13,22H2,(H,23,25);2*1H. The van der Waals surface area contributed by atoms with E-state index in [1.54, 1.807) is 0 Å². The van der Waals surface area contributed by atoms with Gasteiger partial charge in [0.1, 0.15) is 0 Å². The van der Waals surface area contributed by atoms with Crippen molar-refractivity contribution in [3.05, 3.63) is 33.8 Å². The molecule has 3 N–H and O–H groups in total. The highest BCUT2D eigenvalue weighted by molar-refractivity contribution is 6.42. The Bertz CT molecular complexity index is 615. The molecule has 2 fully saturated rings. The van der Waals surface area contributed by atoms with E-state index >= 15 is 0 Å². The molecular formula is C19H29Cl4N3O. The Kier molecular flexibility index (Phi) is 10.2. The molecule has 154 valence electrons. The summed E-state index contributed by atoms with van der Waals surface area (Å²) in [6.07, 6.45) is 6.87. The third-order valence-electron chi connectivity index (χ3n) is 5.51. The molecule has 0 atom stereocenters. The van der Waals surface area contributed by atoms with Gasteiger partial charge in [-0.05, 0) is 43.4 Å². The summed E-state index contributed by atoms with van der Waals surface area (Å²) >= 11 is 12.1. The maximum Gasteiger partial charge on any atom is 0.240 e. The number of carbonyl (C=O) groups is 1. The van der Waals surface area contributed by atoms with Crippen LogP contribution < -0.4 is 11.1 Å². The normalized spacial score (nSPS) is 20.3. The van der Waals surface area contributed by atoms with Crippen LogP contribution in [0.15, 0.2) is 18.2 Å². The average molecular weight is 457 g/mol. The van der Waals surface area contributed by atoms with E-state index in [9.17, 15) is 4.79 Å². The number of carbonyl (C=O) groups excluding carboxylic acids is 1. The number of amides is 1. The predicted octanol–water partition coefficient (Wildman–Crippen LogP) is 4.58. The third kappa shape index (κ3) is 6.66.